The average Bonchev–Trinajstić information content (AvgIpc) is 2.65. The zero-order chi connectivity index (χ0) is 9.38. The molecule has 0 aliphatic carbocycles. The third-order valence-corrected chi connectivity index (χ3v) is 3.26. The maximum absolute atomic E-state index is 4.46. The molecule has 4 nitrogen and oxygen atoms in total. The minimum Gasteiger partial charge on any atom is -0.307 e. The van der Waals surface area contributed by atoms with Crippen LogP contribution in [0.1, 0.15) is 18.3 Å². The van der Waals surface area contributed by atoms with Crippen molar-refractivity contribution in [2.24, 2.45) is 0 Å². The van der Waals surface area contributed by atoms with Gasteiger partial charge in [0.2, 0.25) is 0 Å². The molecule has 1 aliphatic rings. The van der Waals surface area contributed by atoms with Crippen molar-refractivity contribution >= 4 is 11.3 Å². The van der Waals surface area contributed by atoms with Gasteiger partial charge >= 0.3 is 0 Å². The van der Waals surface area contributed by atoms with Crippen molar-refractivity contribution in [1.82, 2.24) is 20.5 Å². The molecule has 1 aliphatic heterocycles. The summed E-state index contributed by atoms with van der Waals surface area (Å²) in [6.07, 6.45) is 1.15. The van der Waals surface area contributed by atoms with Gasteiger partial charge in [0.25, 0.3) is 0 Å². The Bertz CT molecular complexity index is 416. The summed E-state index contributed by atoms with van der Waals surface area (Å²) in [5.74, 6) is 1.77. The van der Waals surface area contributed by atoms with Crippen LogP contribution in [0.3, 0.4) is 0 Å². The van der Waals surface area contributed by atoms with Crippen molar-refractivity contribution in [3.63, 3.8) is 0 Å². The average molecular weight is 206 g/mol. The quantitative estimate of drug-likeness (QED) is 0.784. The van der Waals surface area contributed by atoms with Crippen molar-refractivity contribution < 1.29 is 0 Å². The maximum atomic E-state index is 4.46. The lowest BCUT2D eigenvalue weighted by Gasteiger charge is -2.24. The van der Waals surface area contributed by atoms with Crippen molar-refractivity contribution in [2.45, 2.75) is 12.5 Å². The summed E-state index contributed by atoms with van der Waals surface area (Å²) in [5, 5.41) is 12.5. The van der Waals surface area contributed by atoms with E-state index in [0.717, 1.165) is 29.5 Å². The van der Waals surface area contributed by atoms with Gasteiger partial charge in [-0.15, -0.1) is 11.3 Å². The van der Waals surface area contributed by atoms with Crippen LogP contribution >= 0.6 is 11.3 Å². The van der Waals surface area contributed by atoms with Crippen molar-refractivity contribution in [3.8, 4) is 10.7 Å². The van der Waals surface area contributed by atoms with Gasteiger partial charge in [0.05, 0.1) is 10.9 Å². The van der Waals surface area contributed by atoms with E-state index in [4.69, 9.17) is 0 Å². The van der Waals surface area contributed by atoms with Gasteiger partial charge < -0.3 is 5.32 Å². The predicted octanol–water partition coefficient (Wildman–Crippen LogP) is 1.57. The van der Waals surface area contributed by atoms with E-state index in [9.17, 15) is 0 Å². The number of nitrogens with zero attached hydrogens (tertiary/aromatic N) is 2. The van der Waals surface area contributed by atoms with E-state index in [1.54, 1.807) is 11.3 Å². The molecule has 1 fully saturated rings. The molecule has 0 bridgehead atoms. The molecule has 2 aromatic rings. The lowest BCUT2D eigenvalue weighted by molar-refractivity contribution is 0.367. The first-order chi connectivity index (χ1) is 6.93. The van der Waals surface area contributed by atoms with Crippen LogP contribution in [0, 0.1) is 0 Å². The lowest BCUT2D eigenvalue weighted by Crippen LogP contribution is -2.35. The largest absolute Gasteiger partial charge is 0.307 e. The van der Waals surface area contributed by atoms with Gasteiger partial charge in [0.15, 0.2) is 5.82 Å². The molecular weight excluding hydrogens is 196 g/mol. The van der Waals surface area contributed by atoms with Gasteiger partial charge in [-0.3, -0.25) is 5.10 Å². The lowest BCUT2D eigenvalue weighted by atomic mass is 10.1. The summed E-state index contributed by atoms with van der Waals surface area (Å²) in [6, 6.07) is 4.43. The molecule has 72 valence electrons. The Labute approximate surface area is 85.4 Å². The molecule has 2 N–H and O–H groups in total. The Balaban J connectivity index is 1.90. The first-order valence-corrected chi connectivity index (χ1v) is 5.51. The molecular formula is C9H10N4S. The Hall–Kier alpha value is -1.20. The summed E-state index contributed by atoms with van der Waals surface area (Å²) in [4.78, 5) is 5.57. The van der Waals surface area contributed by atoms with Crippen LogP contribution in [0.15, 0.2) is 17.5 Å². The molecule has 0 saturated carbocycles. The Morgan fingerprint density at radius 3 is 3.07 bits per heavy atom. The fourth-order valence-electron chi connectivity index (χ4n) is 1.47. The van der Waals surface area contributed by atoms with Crippen LogP contribution in [0.4, 0.5) is 0 Å². The summed E-state index contributed by atoms with van der Waals surface area (Å²) in [5.41, 5.74) is 0. The fourth-order valence-corrected chi connectivity index (χ4v) is 2.13. The molecule has 0 amide bonds. The Morgan fingerprint density at radius 2 is 2.43 bits per heavy atom. The van der Waals surface area contributed by atoms with E-state index in [-0.39, 0.29) is 0 Å². The number of nitrogens with one attached hydrogen (secondary N) is 2. The van der Waals surface area contributed by atoms with Gasteiger partial charge in [0.1, 0.15) is 5.82 Å². The second kappa shape index (κ2) is 3.18. The highest BCUT2D eigenvalue weighted by molar-refractivity contribution is 7.13. The molecule has 1 unspecified atom stereocenters. The van der Waals surface area contributed by atoms with Gasteiger partial charge in [-0.05, 0) is 24.4 Å². The minimum absolute atomic E-state index is 0.385. The van der Waals surface area contributed by atoms with Gasteiger partial charge in [0, 0.05) is 0 Å². The predicted molar refractivity (Wildman–Crippen MR) is 55.1 cm³/mol. The van der Waals surface area contributed by atoms with Gasteiger partial charge in [-0.25, -0.2) is 4.98 Å². The van der Waals surface area contributed by atoms with Crippen LogP contribution in [0.25, 0.3) is 10.7 Å². The number of rotatable bonds is 2. The monoisotopic (exact) mass is 206 g/mol. The van der Waals surface area contributed by atoms with Crippen LogP contribution in [0.5, 0.6) is 0 Å². The van der Waals surface area contributed by atoms with Crippen LogP contribution in [-0.4, -0.2) is 21.7 Å². The number of thiophene rings is 1. The molecule has 2 aromatic heterocycles. The maximum Gasteiger partial charge on any atom is 0.191 e. The van der Waals surface area contributed by atoms with E-state index in [0.29, 0.717) is 6.04 Å². The molecule has 3 heterocycles. The standard InChI is InChI=1S/C9H10N4S/c1-2-7(14-5-1)9-11-8(12-13-9)6-3-4-10-6/h1-2,5-6,10H,3-4H2,(H,11,12,13). The second-order valence-electron chi connectivity index (χ2n) is 3.32. The van der Waals surface area contributed by atoms with Crippen molar-refractivity contribution in [1.29, 1.82) is 0 Å². The van der Waals surface area contributed by atoms with E-state index >= 15 is 0 Å². The van der Waals surface area contributed by atoms with E-state index in [1.807, 2.05) is 17.5 Å². The van der Waals surface area contributed by atoms with Crippen LogP contribution < -0.4 is 5.32 Å². The number of hydrogen-bond donors (Lipinski definition) is 2. The number of aromatic nitrogens is 3. The molecule has 1 atom stereocenters. The van der Waals surface area contributed by atoms with E-state index in [1.165, 1.54) is 0 Å². The van der Waals surface area contributed by atoms with E-state index in [2.05, 4.69) is 20.5 Å². The number of H-pyrrole nitrogens is 1. The zero-order valence-corrected chi connectivity index (χ0v) is 8.34. The molecule has 1 saturated heterocycles. The minimum atomic E-state index is 0.385. The van der Waals surface area contributed by atoms with Crippen molar-refractivity contribution in [3.05, 3.63) is 23.3 Å². The molecule has 0 aromatic carbocycles. The Morgan fingerprint density at radius 1 is 1.50 bits per heavy atom. The topological polar surface area (TPSA) is 53.6 Å². The summed E-state index contributed by atoms with van der Waals surface area (Å²) >= 11 is 1.66. The molecule has 3 rings (SSSR count). The summed E-state index contributed by atoms with van der Waals surface area (Å²) in [7, 11) is 0. The molecule has 0 spiro atoms. The smallest absolute Gasteiger partial charge is 0.191 e. The first kappa shape index (κ1) is 8.14. The Kier molecular flexibility index (Phi) is 1.85. The third-order valence-electron chi connectivity index (χ3n) is 2.40. The third kappa shape index (κ3) is 1.25. The molecule has 14 heavy (non-hydrogen) atoms. The van der Waals surface area contributed by atoms with E-state index < -0.39 is 0 Å². The number of aromatic amines is 1. The SMILES string of the molecule is c1csc(-c2n[nH]c(C3CCN3)n2)c1. The highest BCUT2D eigenvalue weighted by Gasteiger charge is 2.22. The number of hydrogen-bond acceptors (Lipinski definition) is 4. The zero-order valence-electron chi connectivity index (χ0n) is 7.53. The van der Waals surface area contributed by atoms with Gasteiger partial charge in [-0.1, -0.05) is 6.07 Å². The van der Waals surface area contributed by atoms with Gasteiger partial charge in [-0.2, -0.15) is 5.10 Å². The summed E-state index contributed by atoms with van der Waals surface area (Å²) in [6.45, 7) is 1.08. The summed E-state index contributed by atoms with van der Waals surface area (Å²) < 4.78 is 0. The molecule has 0 radical (unpaired) electrons. The van der Waals surface area contributed by atoms with Crippen LogP contribution in [0.2, 0.25) is 0 Å². The first-order valence-electron chi connectivity index (χ1n) is 4.63. The fraction of sp³-hybridized carbons (Fsp3) is 0.333. The molecule has 5 heteroatoms. The highest BCUT2D eigenvalue weighted by Crippen LogP contribution is 2.24. The second-order valence-corrected chi connectivity index (χ2v) is 4.26. The van der Waals surface area contributed by atoms with Crippen molar-refractivity contribution in [2.75, 3.05) is 6.54 Å². The van der Waals surface area contributed by atoms with Crippen LogP contribution in [-0.2, 0) is 0 Å². The normalized spacial score (nSPS) is 20.7. The highest BCUT2D eigenvalue weighted by atomic mass is 32.1.